The first-order valence-electron chi connectivity index (χ1n) is 6.10. The van der Waals surface area contributed by atoms with Gasteiger partial charge in [-0.25, -0.2) is 13.1 Å². The van der Waals surface area contributed by atoms with Crippen LogP contribution >= 0.6 is 0 Å². The third-order valence-corrected chi connectivity index (χ3v) is 3.41. The van der Waals surface area contributed by atoms with Crippen molar-refractivity contribution in [2.24, 2.45) is 5.92 Å². The van der Waals surface area contributed by atoms with Crippen molar-refractivity contribution in [2.45, 2.75) is 46.1 Å². The van der Waals surface area contributed by atoms with Gasteiger partial charge in [-0.1, -0.05) is 13.3 Å². The molecule has 0 aliphatic heterocycles. The highest BCUT2D eigenvalue weighted by molar-refractivity contribution is 7.88. The Bertz CT molecular complexity index is 299. The Morgan fingerprint density at radius 1 is 1.35 bits per heavy atom. The van der Waals surface area contributed by atoms with E-state index < -0.39 is 15.6 Å². The van der Waals surface area contributed by atoms with Crippen LogP contribution in [-0.2, 0) is 14.8 Å². The Labute approximate surface area is 106 Å². The third-order valence-electron chi connectivity index (χ3n) is 2.48. The average Bonchev–Trinajstić information content (AvgIpc) is 2.14. The van der Waals surface area contributed by atoms with Crippen LogP contribution < -0.4 is 4.72 Å². The lowest BCUT2D eigenvalue weighted by Gasteiger charge is -2.27. The van der Waals surface area contributed by atoms with E-state index in [1.165, 1.54) is 6.26 Å². The first kappa shape index (κ1) is 16.9. The second kappa shape index (κ2) is 7.34. The van der Waals surface area contributed by atoms with Crippen LogP contribution in [0.4, 0.5) is 0 Å². The highest BCUT2D eigenvalue weighted by Crippen LogP contribution is 2.18. The molecule has 0 fully saturated rings. The summed E-state index contributed by atoms with van der Waals surface area (Å²) in [6, 6.07) is 0. The van der Waals surface area contributed by atoms with Gasteiger partial charge in [0.25, 0.3) is 0 Å². The normalized spacial score (nSPS) is 14.9. The molecule has 1 radical (unpaired) electrons. The molecule has 1 unspecified atom stereocenters. The zero-order valence-electron chi connectivity index (χ0n) is 11.6. The van der Waals surface area contributed by atoms with Crippen molar-refractivity contribution in [1.82, 2.24) is 4.72 Å². The zero-order valence-corrected chi connectivity index (χ0v) is 12.4. The van der Waals surface area contributed by atoms with E-state index in [4.69, 9.17) is 4.74 Å². The Balaban J connectivity index is 4.14. The van der Waals surface area contributed by atoms with Gasteiger partial charge in [-0.3, -0.25) is 0 Å². The summed E-state index contributed by atoms with van der Waals surface area (Å²) in [7, 11) is -3.15. The second-order valence-electron chi connectivity index (χ2n) is 5.03. The summed E-state index contributed by atoms with van der Waals surface area (Å²) < 4.78 is 30.4. The van der Waals surface area contributed by atoms with E-state index in [2.05, 4.69) is 18.1 Å². The number of rotatable bonds is 9. The van der Waals surface area contributed by atoms with Crippen LogP contribution in [0.15, 0.2) is 0 Å². The van der Waals surface area contributed by atoms with Crippen LogP contribution in [0.1, 0.15) is 40.5 Å². The Morgan fingerprint density at radius 3 is 2.35 bits per heavy atom. The molecule has 0 saturated heterocycles. The minimum atomic E-state index is -3.15. The predicted molar refractivity (Wildman–Crippen MR) is 71.2 cm³/mol. The highest BCUT2D eigenvalue weighted by Gasteiger charge is 2.23. The molecule has 0 spiro atoms. The second-order valence-corrected chi connectivity index (χ2v) is 6.77. The van der Waals surface area contributed by atoms with E-state index in [1.54, 1.807) is 0 Å². The molecule has 0 aliphatic rings. The van der Waals surface area contributed by atoms with Gasteiger partial charge in [0.2, 0.25) is 10.0 Å². The molecule has 0 rings (SSSR count). The molecular formula is C12H26NO3S. The summed E-state index contributed by atoms with van der Waals surface area (Å²) in [5.74, 6) is 0.385. The van der Waals surface area contributed by atoms with Gasteiger partial charge in [-0.15, -0.1) is 0 Å². The van der Waals surface area contributed by atoms with Gasteiger partial charge in [-0.05, 0) is 39.5 Å². The van der Waals surface area contributed by atoms with E-state index in [-0.39, 0.29) is 0 Å². The molecule has 0 amide bonds. The van der Waals surface area contributed by atoms with Crippen molar-refractivity contribution in [3.05, 3.63) is 6.42 Å². The Hall–Kier alpha value is -0.130. The molecule has 0 aliphatic carbocycles. The summed E-state index contributed by atoms with van der Waals surface area (Å²) in [5.41, 5.74) is -0.437. The first-order chi connectivity index (χ1) is 7.70. The number of sulfonamides is 1. The van der Waals surface area contributed by atoms with Crippen LogP contribution in [-0.4, -0.2) is 33.4 Å². The molecular weight excluding hydrogens is 238 g/mol. The third kappa shape index (κ3) is 9.56. The maximum absolute atomic E-state index is 11.2. The van der Waals surface area contributed by atoms with Crippen LogP contribution in [0.5, 0.6) is 0 Å². The van der Waals surface area contributed by atoms with Crippen molar-refractivity contribution in [3.8, 4) is 0 Å². The summed E-state index contributed by atoms with van der Waals surface area (Å²) in [5, 5.41) is 0. The monoisotopic (exact) mass is 264 g/mol. The topological polar surface area (TPSA) is 55.4 Å². The van der Waals surface area contributed by atoms with Gasteiger partial charge in [0.05, 0.1) is 6.26 Å². The first-order valence-corrected chi connectivity index (χ1v) is 7.99. The van der Waals surface area contributed by atoms with E-state index >= 15 is 0 Å². The molecule has 0 bridgehead atoms. The van der Waals surface area contributed by atoms with Crippen molar-refractivity contribution in [1.29, 1.82) is 0 Å². The van der Waals surface area contributed by atoms with Gasteiger partial charge in [0.15, 0.2) is 0 Å². The van der Waals surface area contributed by atoms with Crippen LogP contribution in [0.2, 0.25) is 0 Å². The fourth-order valence-electron chi connectivity index (χ4n) is 1.63. The molecule has 1 atom stereocenters. The van der Waals surface area contributed by atoms with Crippen LogP contribution in [0.25, 0.3) is 0 Å². The zero-order chi connectivity index (χ0) is 13.5. The van der Waals surface area contributed by atoms with Gasteiger partial charge in [0.1, 0.15) is 0 Å². The van der Waals surface area contributed by atoms with Crippen molar-refractivity contribution in [2.75, 3.05) is 19.5 Å². The molecule has 0 aromatic rings. The minimum absolute atomic E-state index is 0.385. The summed E-state index contributed by atoms with van der Waals surface area (Å²) >= 11 is 0. The quantitative estimate of drug-likeness (QED) is 0.692. The smallest absolute Gasteiger partial charge is 0.209 e. The SMILES string of the molecule is CCOCC([CH]CC(C)(C)NS(C)(=O)=O)CC. The van der Waals surface area contributed by atoms with E-state index in [0.29, 0.717) is 18.9 Å². The molecule has 1 N–H and O–H groups in total. The summed E-state index contributed by atoms with van der Waals surface area (Å²) in [6.45, 7) is 9.28. The molecule has 0 aromatic heterocycles. The Morgan fingerprint density at radius 2 is 1.94 bits per heavy atom. The van der Waals surface area contributed by atoms with Gasteiger partial charge < -0.3 is 4.74 Å². The van der Waals surface area contributed by atoms with Crippen LogP contribution in [0.3, 0.4) is 0 Å². The largest absolute Gasteiger partial charge is 0.381 e. The van der Waals surface area contributed by atoms with Gasteiger partial charge in [-0.2, -0.15) is 0 Å². The molecule has 103 valence electrons. The van der Waals surface area contributed by atoms with Crippen molar-refractivity contribution >= 4 is 10.0 Å². The predicted octanol–water partition coefficient (Wildman–Crippen LogP) is 1.97. The molecule has 0 heterocycles. The lowest BCUT2D eigenvalue weighted by atomic mass is 9.92. The number of nitrogens with one attached hydrogen (secondary N) is 1. The molecule has 0 saturated carbocycles. The van der Waals surface area contributed by atoms with Crippen LogP contribution in [0, 0.1) is 12.3 Å². The number of ether oxygens (including phenoxy) is 1. The lowest BCUT2D eigenvalue weighted by Crippen LogP contribution is -2.43. The van der Waals surface area contributed by atoms with Crippen molar-refractivity contribution < 1.29 is 13.2 Å². The molecule has 0 aromatic carbocycles. The maximum atomic E-state index is 11.2. The standard InChI is InChI=1S/C12H26NO3S/c1-6-11(10-16-7-2)8-9-12(3,4)13-17(5,14)15/h8,11,13H,6-7,9-10H2,1-5H3. The summed E-state index contributed by atoms with van der Waals surface area (Å²) in [6.07, 6.45) is 5.04. The van der Waals surface area contributed by atoms with Gasteiger partial charge >= 0.3 is 0 Å². The molecule has 5 heteroatoms. The summed E-state index contributed by atoms with van der Waals surface area (Å²) in [4.78, 5) is 0. The minimum Gasteiger partial charge on any atom is -0.381 e. The average molecular weight is 264 g/mol. The molecule has 17 heavy (non-hydrogen) atoms. The lowest BCUT2D eigenvalue weighted by molar-refractivity contribution is 0.116. The van der Waals surface area contributed by atoms with Crippen molar-refractivity contribution in [3.63, 3.8) is 0 Å². The van der Waals surface area contributed by atoms with E-state index in [9.17, 15) is 8.42 Å². The fourth-order valence-corrected chi connectivity index (χ4v) is 2.71. The fraction of sp³-hybridized carbons (Fsp3) is 0.917. The van der Waals surface area contributed by atoms with E-state index in [1.807, 2.05) is 20.8 Å². The Kier molecular flexibility index (Phi) is 7.28. The highest BCUT2D eigenvalue weighted by atomic mass is 32.2. The maximum Gasteiger partial charge on any atom is 0.209 e. The van der Waals surface area contributed by atoms with E-state index in [0.717, 1.165) is 13.0 Å². The number of hydrogen-bond donors (Lipinski definition) is 1. The molecule has 4 nitrogen and oxygen atoms in total. The van der Waals surface area contributed by atoms with Gasteiger partial charge in [0, 0.05) is 18.8 Å². The number of hydrogen-bond acceptors (Lipinski definition) is 3.